The Kier molecular flexibility index (Phi) is 8.63. The fourth-order valence-corrected chi connectivity index (χ4v) is 5.36. The first-order chi connectivity index (χ1) is 23.0. The Morgan fingerprint density at radius 1 is 0.771 bits per heavy atom. The van der Waals surface area contributed by atoms with Gasteiger partial charge in [-0.3, -0.25) is 0 Å². The fourth-order valence-electron chi connectivity index (χ4n) is 5.36. The third-order valence-corrected chi connectivity index (χ3v) is 7.56. The van der Waals surface area contributed by atoms with Crippen LogP contribution < -0.4 is 4.74 Å². The van der Waals surface area contributed by atoms with E-state index >= 15 is 0 Å². The van der Waals surface area contributed by atoms with Crippen molar-refractivity contribution in [1.82, 2.24) is 0 Å². The SMILES string of the molecule is [C-]#[N+]/C(C#N)=C(C1=C/C(=C(\C#N)[N+]#[C-])c2cc(-c3ccc(C)c([N+]#[C-])c3)ccc21)/c1cccc(-c2ccc(OC(F)(F)F)c(C#N)c2)c1. The van der Waals surface area contributed by atoms with Gasteiger partial charge in [0.15, 0.2) is 5.69 Å². The van der Waals surface area contributed by atoms with Crippen LogP contribution in [0.5, 0.6) is 5.75 Å². The number of nitriles is 3. The van der Waals surface area contributed by atoms with Crippen molar-refractivity contribution < 1.29 is 17.9 Å². The minimum absolute atomic E-state index is 0.200. The minimum Gasteiger partial charge on any atom is -0.404 e. The maximum atomic E-state index is 12.9. The molecule has 0 bridgehead atoms. The lowest BCUT2D eigenvalue weighted by Gasteiger charge is -2.15. The fraction of sp³-hybridized carbons (Fsp3) is 0.0526. The quantitative estimate of drug-likeness (QED) is 0.162. The molecule has 0 aliphatic heterocycles. The molecule has 0 fully saturated rings. The normalized spacial score (nSPS) is 13.2. The molecule has 0 saturated carbocycles. The molecule has 0 radical (unpaired) electrons. The highest BCUT2D eigenvalue weighted by Crippen LogP contribution is 2.47. The van der Waals surface area contributed by atoms with Crippen LogP contribution >= 0.6 is 0 Å². The molecule has 0 spiro atoms. The third-order valence-electron chi connectivity index (χ3n) is 7.56. The van der Waals surface area contributed by atoms with Gasteiger partial charge in [-0.1, -0.05) is 54.6 Å². The van der Waals surface area contributed by atoms with Gasteiger partial charge in [0.25, 0.3) is 11.4 Å². The molecule has 0 aromatic heterocycles. The molecular weight excluding hydrogens is 613 g/mol. The van der Waals surface area contributed by atoms with Crippen LogP contribution in [0.1, 0.15) is 27.8 Å². The molecule has 0 amide bonds. The average molecular weight is 631 g/mol. The molecule has 48 heavy (non-hydrogen) atoms. The van der Waals surface area contributed by atoms with Gasteiger partial charge in [0.1, 0.15) is 11.8 Å². The Morgan fingerprint density at radius 3 is 2.10 bits per heavy atom. The van der Waals surface area contributed by atoms with Crippen LogP contribution in [0.15, 0.2) is 96.3 Å². The summed E-state index contributed by atoms with van der Waals surface area (Å²) in [5.74, 6) is -0.652. The number of alkyl halides is 3. The van der Waals surface area contributed by atoms with E-state index in [0.29, 0.717) is 44.7 Å². The number of nitrogens with zero attached hydrogens (tertiary/aromatic N) is 6. The Balaban J connectivity index is 1.70. The number of rotatable bonds is 5. The second-order valence-electron chi connectivity index (χ2n) is 10.3. The lowest BCUT2D eigenvalue weighted by molar-refractivity contribution is -0.274. The van der Waals surface area contributed by atoms with Crippen molar-refractivity contribution >= 4 is 22.4 Å². The lowest BCUT2D eigenvalue weighted by Crippen LogP contribution is -2.17. The molecule has 4 aromatic rings. The van der Waals surface area contributed by atoms with Crippen molar-refractivity contribution in [3.8, 4) is 46.2 Å². The first-order valence-corrected chi connectivity index (χ1v) is 13.9. The topological polar surface area (TPSA) is 93.7 Å². The van der Waals surface area contributed by atoms with Gasteiger partial charge < -0.3 is 4.74 Å². The van der Waals surface area contributed by atoms with Crippen LogP contribution in [0.4, 0.5) is 18.9 Å². The van der Waals surface area contributed by atoms with Crippen LogP contribution in [-0.2, 0) is 0 Å². The number of ether oxygens (including phenoxy) is 1. The van der Waals surface area contributed by atoms with Gasteiger partial charge in [-0.2, -0.15) is 5.26 Å². The molecule has 0 unspecified atom stereocenters. The van der Waals surface area contributed by atoms with Crippen LogP contribution in [0.25, 0.3) is 53.5 Å². The maximum Gasteiger partial charge on any atom is 0.573 e. The summed E-state index contributed by atoms with van der Waals surface area (Å²) in [6, 6.07) is 26.6. The number of allylic oxidation sites excluding steroid dienone is 6. The number of hydrogen-bond donors (Lipinski definition) is 0. The summed E-state index contributed by atoms with van der Waals surface area (Å²) in [4.78, 5) is 10.5. The predicted octanol–water partition coefficient (Wildman–Crippen LogP) is 10.1. The Morgan fingerprint density at radius 2 is 1.46 bits per heavy atom. The van der Waals surface area contributed by atoms with Gasteiger partial charge in [-0.15, -0.1) is 13.2 Å². The summed E-state index contributed by atoms with van der Waals surface area (Å²) in [5.41, 5.74) is 5.19. The Labute approximate surface area is 273 Å². The van der Waals surface area contributed by atoms with Crippen LogP contribution in [0.2, 0.25) is 0 Å². The second kappa shape index (κ2) is 12.9. The van der Waals surface area contributed by atoms with Crippen molar-refractivity contribution in [1.29, 1.82) is 15.8 Å². The smallest absolute Gasteiger partial charge is 0.404 e. The summed E-state index contributed by atoms with van der Waals surface area (Å²) in [7, 11) is 0. The van der Waals surface area contributed by atoms with Crippen LogP contribution in [0, 0.1) is 60.6 Å². The van der Waals surface area contributed by atoms with Gasteiger partial charge in [0.05, 0.1) is 37.4 Å². The number of benzene rings is 4. The number of halogens is 3. The number of hydrogen-bond acceptors (Lipinski definition) is 4. The summed E-state index contributed by atoms with van der Waals surface area (Å²) >= 11 is 0. The molecule has 7 nitrogen and oxygen atoms in total. The lowest BCUT2D eigenvalue weighted by atomic mass is 9.89. The first kappa shape index (κ1) is 32.0. The van der Waals surface area contributed by atoms with Crippen molar-refractivity contribution in [2.45, 2.75) is 13.3 Å². The minimum atomic E-state index is -4.99. The predicted molar refractivity (Wildman–Crippen MR) is 172 cm³/mol. The Hall–Kier alpha value is -7.37. The number of aryl methyl sites for hydroxylation is 1. The zero-order valence-corrected chi connectivity index (χ0v) is 24.8. The van der Waals surface area contributed by atoms with Crippen LogP contribution in [0.3, 0.4) is 0 Å². The molecule has 5 rings (SSSR count). The highest BCUT2D eigenvalue weighted by molar-refractivity contribution is 6.17. The van der Waals surface area contributed by atoms with E-state index < -0.39 is 12.1 Å². The molecule has 1 aliphatic carbocycles. The molecule has 0 heterocycles. The van der Waals surface area contributed by atoms with Crippen molar-refractivity contribution in [2.24, 2.45) is 0 Å². The average Bonchev–Trinajstić information content (AvgIpc) is 3.45. The second-order valence-corrected chi connectivity index (χ2v) is 10.3. The van der Waals surface area contributed by atoms with Crippen molar-refractivity contribution in [3.63, 3.8) is 0 Å². The van der Waals surface area contributed by atoms with Crippen LogP contribution in [-0.4, -0.2) is 6.36 Å². The van der Waals surface area contributed by atoms with E-state index in [4.69, 9.17) is 19.7 Å². The summed E-state index contributed by atoms with van der Waals surface area (Å²) in [6.45, 7) is 24.8. The molecule has 10 heteroatoms. The first-order valence-electron chi connectivity index (χ1n) is 13.9. The van der Waals surface area contributed by atoms with E-state index in [1.54, 1.807) is 54.6 Å². The van der Waals surface area contributed by atoms with Crippen molar-refractivity contribution in [3.05, 3.63) is 158 Å². The monoisotopic (exact) mass is 630 g/mol. The molecular formula is C38H17F3N6O. The summed E-state index contributed by atoms with van der Waals surface area (Å²) in [5, 5.41) is 29.4. The molecule has 226 valence electrons. The molecule has 0 atom stereocenters. The highest BCUT2D eigenvalue weighted by atomic mass is 19.4. The molecule has 4 aromatic carbocycles. The van der Waals surface area contributed by atoms with Gasteiger partial charge in [0.2, 0.25) is 0 Å². The molecule has 0 saturated heterocycles. The van der Waals surface area contributed by atoms with E-state index in [9.17, 15) is 29.0 Å². The molecule has 1 aliphatic rings. The van der Waals surface area contributed by atoms with E-state index in [1.807, 2.05) is 37.3 Å². The maximum absolute atomic E-state index is 12.9. The van der Waals surface area contributed by atoms with Gasteiger partial charge >= 0.3 is 6.36 Å². The largest absolute Gasteiger partial charge is 0.573 e. The highest BCUT2D eigenvalue weighted by Gasteiger charge is 2.32. The summed E-state index contributed by atoms with van der Waals surface area (Å²) < 4.78 is 42.5. The third kappa shape index (κ3) is 6.11. The number of fused-ring (bicyclic) bond motifs is 1. The zero-order valence-electron chi connectivity index (χ0n) is 24.8. The van der Waals surface area contributed by atoms with Crippen molar-refractivity contribution in [2.75, 3.05) is 0 Å². The van der Waals surface area contributed by atoms with Gasteiger partial charge in [-0.25, -0.2) is 25.1 Å². The van der Waals surface area contributed by atoms with E-state index in [1.165, 1.54) is 12.1 Å². The molecule has 0 N–H and O–H groups in total. The summed E-state index contributed by atoms with van der Waals surface area (Å²) in [6.07, 6.45) is -3.40. The zero-order chi connectivity index (χ0) is 34.6. The van der Waals surface area contributed by atoms with E-state index in [2.05, 4.69) is 19.3 Å². The van der Waals surface area contributed by atoms with E-state index in [0.717, 1.165) is 22.8 Å². The Bertz CT molecular complexity index is 2360. The van der Waals surface area contributed by atoms with E-state index in [-0.39, 0.29) is 22.5 Å². The van der Waals surface area contributed by atoms with Gasteiger partial charge in [-0.05, 0) is 87.3 Å². The van der Waals surface area contributed by atoms with Gasteiger partial charge in [0, 0.05) is 11.1 Å². The standard InChI is InChI=1S/C38H17F3N6O/c1-22-8-9-26(17-33(22)45-2)25-10-12-29-30(16-25)31(34(20-43)46-3)18-32(29)37(35(21-44)47-4)27-7-5-6-23(14-27)24-11-13-36(28(15-24)19-42)48-38(39,40)41/h5-18H,1H3/b34-31-,37-35-.